The van der Waals surface area contributed by atoms with Gasteiger partial charge in [-0.05, 0) is 30.3 Å². The normalized spacial score (nSPS) is 14.5. The van der Waals surface area contributed by atoms with E-state index in [0.717, 1.165) is 43.8 Å². The number of carbonyl (C=O) groups is 1. The molecule has 0 atom stereocenters. The summed E-state index contributed by atoms with van der Waals surface area (Å²) in [6.45, 7) is 3.25. The number of morpholine rings is 1. The Morgan fingerprint density at radius 2 is 1.83 bits per heavy atom. The van der Waals surface area contributed by atoms with Crippen molar-refractivity contribution in [2.75, 3.05) is 36.9 Å². The van der Waals surface area contributed by atoms with Gasteiger partial charge in [-0.3, -0.25) is 10.2 Å². The van der Waals surface area contributed by atoms with Gasteiger partial charge in [-0.2, -0.15) is 0 Å². The number of benzene rings is 2. The molecule has 5 nitrogen and oxygen atoms in total. The molecule has 2 aromatic rings. The maximum atomic E-state index is 10.9. The summed E-state index contributed by atoms with van der Waals surface area (Å²) in [5.41, 5.74) is 9.76. The molecular formula is C18H19N3O2. The van der Waals surface area contributed by atoms with Crippen LogP contribution in [0.4, 0.5) is 11.4 Å². The summed E-state index contributed by atoms with van der Waals surface area (Å²) in [4.78, 5) is 13.2. The van der Waals surface area contributed by atoms with Crippen LogP contribution < -0.4 is 10.6 Å². The molecule has 1 aliphatic rings. The van der Waals surface area contributed by atoms with Gasteiger partial charge in [-0.1, -0.05) is 12.1 Å². The van der Waals surface area contributed by atoms with E-state index < -0.39 is 0 Å². The molecule has 118 valence electrons. The van der Waals surface area contributed by atoms with E-state index >= 15 is 0 Å². The second-order valence-corrected chi connectivity index (χ2v) is 5.49. The van der Waals surface area contributed by atoms with Crippen molar-refractivity contribution in [1.82, 2.24) is 0 Å². The van der Waals surface area contributed by atoms with Crippen molar-refractivity contribution < 1.29 is 9.53 Å². The number of hydrogen-bond donors (Lipinski definition) is 2. The first-order chi connectivity index (χ1) is 11.2. The van der Waals surface area contributed by atoms with E-state index in [1.807, 2.05) is 24.3 Å². The van der Waals surface area contributed by atoms with Gasteiger partial charge in [0, 0.05) is 41.2 Å². The van der Waals surface area contributed by atoms with Crippen LogP contribution in [0.1, 0.15) is 21.5 Å². The number of ether oxygens (including phenoxy) is 1. The lowest BCUT2D eigenvalue weighted by atomic mass is 9.99. The molecule has 0 aromatic heterocycles. The number of nitrogens with one attached hydrogen (secondary N) is 1. The van der Waals surface area contributed by atoms with Crippen molar-refractivity contribution >= 4 is 23.4 Å². The van der Waals surface area contributed by atoms with Gasteiger partial charge in [0.2, 0.25) is 0 Å². The Balaban J connectivity index is 1.84. The maximum Gasteiger partial charge on any atom is 0.150 e. The summed E-state index contributed by atoms with van der Waals surface area (Å²) in [6, 6.07) is 12.8. The van der Waals surface area contributed by atoms with Gasteiger partial charge in [0.1, 0.15) is 6.29 Å². The van der Waals surface area contributed by atoms with Crippen LogP contribution in [-0.2, 0) is 4.74 Å². The molecule has 3 N–H and O–H groups in total. The van der Waals surface area contributed by atoms with E-state index in [1.165, 1.54) is 0 Å². The minimum absolute atomic E-state index is 0.319. The van der Waals surface area contributed by atoms with E-state index in [1.54, 1.807) is 18.2 Å². The zero-order valence-electron chi connectivity index (χ0n) is 12.8. The third kappa shape index (κ3) is 3.24. The van der Waals surface area contributed by atoms with Gasteiger partial charge < -0.3 is 15.4 Å². The standard InChI is InChI=1S/C18H19N3O2/c19-17-6-1-13(12-22)11-16(17)18(20)14-2-4-15(5-3-14)21-7-9-23-10-8-21/h1-6,11-12,20H,7-10,19H2. The summed E-state index contributed by atoms with van der Waals surface area (Å²) in [5.74, 6) is 0. The number of hydrogen-bond acceptors (Lipinski definition) is 5. The lowest BCUT2D eigenvalue weighted by Crippen LogP contribution is -2.36. The molecule has 23 heavy (non-hydrogen) atoms. The summed E-state index contributed by atoms with van der Waals surface area (Å²) >= 11 is 0. The number of nitrogen functional groups attached to an aromatic ring is 1. The van der Waals surface area contributed by atoms with E-state index in [2.05, 4.69) is 4.90 Å². The summed E-state index contributed by atoms with van der Waals surface area (Å²) in [5, 5.41) is 8.37. The van der Waals surface area contributed by atoms with Crippen molar-refractivity contribution in [1.29, 1.82) is 5.41 Å². The first-order valence-electron chi connectivity index (χ1n) is 7.56. The van der Waals surface area contributed by atoms with Gasteiger partial charge >= 0.3 is 0 Å². The largest absolute Gasteiger partial charge is 0.398 e. The van der Waals surface area contributed by atoms with Crippen LogP contribution in [-0.4, -0.2) is 38.3 Å². The number of nitrogens with zero attached hydrogens (tertiary/aromatic N) is 1. The Kier molecular flexibility index (Phi) is 4.39. The van der Waals surface area contributed by atoms with Crippen LogP contribution in [0.2, 0.25) is 0 Å². The molecule has 5 heteroatoms. The molecule has 0 aliphatic carbocycles. The average molecular weight is 309 g/mol. The molecule has 1 heterocycles. The van der Waals surface area contributed by atoms with E-state index in [-0.39, 0.29) is 0 Å². The highest BCUT2D eigenvalue weighted by molar-refractivity contribution is 6.14. The van der Waals surface area contributed by atoms with E-state index in [0.29, 0.717) is 22.5 Å². The molecule has 1 fully saturated rings. The molecule has 0 bridgehead atoms. The van der Waals surface area contributed by atoms with Crippen LogP contribution in [0.5, 0.6) is 0 Å². The molecule has 0 saturated carbocycles. The zero-order valence-corrected chi connectivity index (χ0v) is 12.8. The van der Waals surface area contributed by atoms with Crippen molar-refractivity contribution in [3.8, 4) is 0 Å². The van der Waals surface area contributed by atoms with Crippen LogP contribution in [0.25, 0.3) is 0 Å². The topological polar surface area (TPSA) is 79.4 Å². The van der Waals surface area contributed by atoms with Crippen LogP contribution >= 0.6 is 0 Å². The SMILES string of the molecule is N=C(c1ccc(N2CCOCC2)cc1)c1cc(C=O)ccc1N. The van der Waals surface area contributed by atoms with Crippen molar-refractivity contribution in [3.05, 3.63) is 59.2 Å². The monoisotopic (exact) mass is 309 g/mol. The quantitative estimate of drug-likeness (QED) is 0.516. The van der Waals surface area contributed by atoms with Gasteiger partial charge in [0.05, 0.1) is 18.9 Å². The first-order valence-corrected chi connectivity index (χ1v) is 7.56. The van der Waals surface area contributed by atoms with E-state index in [4.69, 9.17) is 15.9 Å². The van der Waals surface area contributed by atoms with E-state index in [9.17, 15) is 4.79 Å². The molecule has 0 radical (unpaired) electrons. The van der Waals surface area contributed by atoms with Crippen molar-refractivity contribution in [2.24, 2.45) is 0 Å². The number of aldehydes is 1. The minimum Gasteiger partial charge on any atom is -0.398 e. The van der Waals surface area contributed by atoms with Crippen LogP contribution in [0, 0.1) is 5.41 Å². The third-order valence-corrected chi connectivity index (χ3v) is 4.01. The van der Waals surface area contributed by atoms with Crippen molar-refractivity contribution in [3.63, 3.8) is 0 Å². The van der Waals surface area contributed by atoms with Gasteiger partial charge in [-0.15, -0.1) is 0 Å². The Labute approximate surface area is 135 Å². The van der Waals surface area contributed by atoms with Gasteiger partial charge in [0.25, 0.3) is 0 Å². The zero-order chi connectivity index (χ0) is 16.2. The van der Waals surface area contributed by atoms with Crippen LogP contribution in [0.3, 0.4) is 0 Å². The lowest BCUT2D eigenvalue weighted by molar-refractivity contribution is 0.112. The third-order valence-electron chi connectivity index (χ3n) is 4.01. The number of rotatable bonds is 4. The molecule has 3 rings (SSSR count). The summed E-state index contributed by atoms with van der Waals surface area (Å²) in [7, 11) is 0. The summed E-state index contributed by atoms with van der Waals surface area (Å²) in [6.07, 6.45) is 0.762. The van der Waals surface area contributed by atoms with Crippen molar-refractivity contribution in [2.45, 2.75) is 0 Å². The lowest BCUT2D eigenvalue weighted by Gasteiger charge is -2.29. The number of nitrogens with two attached hydrogens (primary N) is 1. The average Bonchev–Trinajstić information content (AvgIpc) is 2.62. The maximum absolute atomic E-state index is 10.9. The molecule has 0 spiro atoms. The predicted octanol–water partition coefficient (Wildman–Crippen LogP) is 2.33. The molecule has 1 aliphatic heterocycles. The molecule has 0 amide bonds. The number of anilines is 2. The Morgan fingerprint density at radius 3 is 2.48 bits per heavy atom. The fourth-order valence-electron chi connectivity index (χ4n) is 2.68. The highest BCUT2D eigenvalue weighted by Gasteiger charge is 2.13. The first kappa shape index (κ1) is 15.2. The molecule has 2 aromatic carbocycles. The molecule has 0 unspecified atom stereocenters. The Hall–Kier alpha value is -2.66. The second-order valence-electron chi connectivity index (χ2n) is 5.49. The smallest absolute Gasteiger partial charge is 0.150 e. The Bertz CT molecular complexity index is 720. The highest BCUT2D eigenvalue weighted by Crippen LogP contribution is 2.21. The summed E-state index contributed by atoms with van der Waals surface area (Å²) < 4.78 is 5.36. The fraction of sp³-hybridized carbons (Fsp3) is 0.222. The number of carbonyl (C=O) groups excluding carboxylic acids is 1. The highest BCUT2D eigenvalue weighted by atomic mass is 16.5. The fourth-order valence-corrected chi connectivity index (χ4v) is 2.68. The molecular weight excluding hydrogens is 290 g/mol. The van der Waals surface area contributed by atoms with Gasteiger partial charge in [-0.25, -0.2) is 0 Å². The minimum atomic E-state index is 0.319. The molecule has 1 saturated heterocycles. The Morgan fingerprint density at radius 1 is 1.13 bits per heavy atom. The second kappa shape index (κ2) is 6.62. The predicted molar refractivity (Wildman–Crippen MR) is 91.6 cm³/mol. The van der Waals surface area contributed by atoms with Crippen LogP contribution in [0.15, 0.2) is 42.5 Å². The van der Waals surface area contributed by atoms with Gasteiger partial charge in [0.15, 0.2) is 0 Å².